The lowest BCUT2D eigenvalue weighted by molar-refractivity contribution is 0.865. The highest BCUT2D eigenvalue weighted by Gasteiger charge is 2.19. The van der Waals surface area contributed by atoms with Gasteiger partial charge in [-0.3, -0.25) is 15.1 Å². The number of nitrogens with zero attached hydrogens (tertiary/aromatic N) is 3. The van der Waals surface area contributed by atoms with E-state index in [1.807, 2.05) is 0 Å². The highest BCUT2D eigenvalue weighted by atomic mass is 15.1. The molecule has 0 spiro atoms. The molecule has 70 valence electrons. The molecule has 0 fully saturated rings. The van der Waals surface area contributed by atoms with E-state index in [1.54, 1.807) is 18.6 Å². The van der Waals surface area contributed by atoms with E-state index in [1.165, 1.54) is 17.7 Å². The van der Waals surface area contributed by atoms with Gasteiger partial charge in [-0.25, -0.2) is 0 Å². The first-order chi connectivity index (χ1) is 6.95. The van der Waals surface area contributed by atoms with Crippen LogP contribution < -0.4 is 0 Å². The second kappa shape index (κ2) is 2.90. The average Bonchev–Trinajstić information content (AvgIpc) is 2.79. The fourth-order valence-electron chi connectivity index (χ4n) is 1.95. The minimum Gasteiger partial charge on any atom is -0.282 e. The largest absolute Gasteiger partial charge is 0.282 e. The first-order valence-electron chi connectivity index (χ1n) is 4.77. The maximum absolute atomic E-state index is 4.28. The van der Waals surface area contributed by atoms with Gasteiger partial charge in [0.25, 0.3) is 0 Å². The minimum atomic E-state index is 0.868. The van der Waals surface area contributed by atoms with Crippen LogP contribution in [0, 0.1) is 0 Å². The molecule has 0 aromatic carbocycles. The Labute approximate surface area is 81.4 Å². The van der Waals surface area contributed by atoms with Crippen molar-refractivity contribution in [3.8, 4) is 11.4 Å². The summed E-state index contributed by atoms with van der Waals surface area (Å²) >= 11 is 0. The summed E-state index contributed by atoms with van der Waals surface area (Å²) in [7, 11) is 0. The van der Waals surface area contributed by atoms with Crippen LogP contribution in [-0.2, 0) is 12.8 Å². The summed E-state index contributed by atoms with van der Waals surface area (Å²) in [5.74, 6) is 0. The van der Waals surface area contributed by atoms with E-state index in [0.29, 0.717) is 0 Å². The summed E-state index contributed by atoms with van der Waals surface area (Å²) in [5.41, 5.74) is 4.44. The number of aromatic amines is 1. The topological polar surface area (TPSA) is 54.5 Å². The molecule has 0 radical (unpaired) electrons. The number of nitrogens with one attached hydrogen (secondary N) is 1. The predicted octanol–water partition coefficient (Wildman–Crippen LogP) is 1.36. The number of hydrogen-bond donors (Lipinski definition) is 1. The second-order valence-electron chi connectivity index (χ2n) is 3.47. The van der Waals surface area contributed by atoms with E-state index in [-0.39, 0.29) is 0 Å². The van der Waals surface area contributed by atoms with Gasteiger partial charge in [0.1, 0.15) is 11.4 Å². The lowest BCUT2D eigenvalue weighted by atomic mass is 10.1. The number of H-pyrrole nitrogens is 1. The van der Waals surface area contributed by atoms with E-state index in [0.717, 1.165) is 24.2 Å². The second-order valence-corrected chi connectivity index (χ2v) is 3.47. The van der Waals surface area contributed by atoms with Crippen LogP contribution >= 0.6 is 0 Å². The van der Waals surface area contributed by atoms with E-state index in [4.69, 9.17) is 0 Å². The third-order valence-corrected chi connectivity index (χ3v) is 2.61. The molecule has 1 N–H and O–H groups in total. The van der Waals surface area contributed by atoms with E-state index in [2.05, 4.69) is 20.2 Å². The maximum Gasteiger partial charge on any atom is 0.115 e. The predicted molar refractivity (Wildman–Crippen MR) is 51.6 cm³/mol. The smallest absolute Gasteiger partial charge is 0.115 e. The normalized spacial score (nSPS) is 14.3. The SMILES string of the molecule is c1cnc(-c2n[nH]c3c2CCC3)cn1. The van der Waals surface area contributed by atoms with Gasteiger partial charge in [-0.15, -0.1) is 0 Å². The molecule has 0 atom stereocenters. The van der Waals surface area contributed by atoms with Crippen molar-refractivity contribution in [2.24, 2.45) is 0 Å². The van der Waals surface area contributed by atoms with Crippen LogP contribution in [0.25, 0.3) is 11.4 Å². The summed E-state index contributed by atoms with van der Waals surface area (Å²) in [5, 5.41) is 7.35. The Morgan fingerprint density at radius 2 is 2.21 bits per heavy atom. The Bertz CT molecular complexity index is 446. The molecular weight excluding hydrogens is 176 g/mol. The summed E-state index contributed by atoms with van der Waals surface area (Å²) in [4.78, 5) is 8.30. The molecule has 14 heavy (non-hydrogen) atoms. The first kappa shape index (κ1) is 7.67. The molecule has 3 rings (SSSR count). The van der Waals surface area contributed by atoms with Gasteiger partial charge in [-0.2, -0.15) is 5.10 Å². The van der Waals surface area contributed by atoms with Crippen LogP contribution in [0.5, 0.6) is 0 Å². The quantitative estimate of drug-likeness (QED) is 0.731. The summed E-state index contributed by atoms with van der Waals surface area (Å²) in [6, 6.07) is 0. The number of aryl methyl sites for hydroxylation is 1. The number of fused-ring (bicyclic) bond motifs is 1. The Morgan fingerprint density at radius 1 is 1.21 bits per heavy atom. The van der Waals surface area contributed by atoms with Crippen LogP contribution in [0.3, 0.4) is 0 Å². The van der Waals surface area contributed by atoms with Crippen molar-refractivity contribution >= 4 is 0 Å². The molecule has 1 aliphatic carbocycles. The summed E-state index contributed by atoms with van der Waals surface area (Å²) < 4.78 is 0. The fraction of sp³-hybridized carbons (Fsp3) is 0.300. The standard InChI is InChI=1S/C10H10N4/c1-2-7-8(3-1)13-14-10(7)9-6-11-4-5-12-9/h4-6H,1-3H2,(H,13,14). The molecule has 2 heterocycles. The zero-order valence-electron chi connectivity index (χ0n) is 7.70. The third kappa shape index (κ3) is 1.04. The summed E-state index contributed by atoms with van der Waals surface area (Å²) in [6.45, 7) is 0. The summed E-state index contributed by atoms with van der Waals surface area (Å²) in [6.07, 6.45) is 8.58. The monoisotopic (exact) mass is 186 g/mol. The van der Waals surface area contributed by atoms with Crippen LogP contribution in [-0.4, -0.2) is 20.2 Å². The molecule has 0 saturated heterocycles. The molecule has 0 bridgehead atoms. The Hall–Kier alpha value is -1.71. The first-order valence-corrected chi connectivity index (χ1v) is 4.77. The lowest BCUT2D eigenvalue weighted by Crippen LogP contribution is -1.88. The highest BCUT2D eigenvalue weighted by Crippen LogP contribution is 2.28. The molecule has 0 saturated carbocycles. The maximum atomic E-state index is 4.28. The van der Waals surface area contributed by atoms with E-state index >= 15 is 0 Å². The van der Waals surface area contributed by atoms with Crippen molar-refractivity contribution in [2.75, 3.05) is 0 Å². The molecule has 0 unspecified atom stereocenters. The van der Waals surface area contributed by atoms with Crippen molar-refractivity contribution in [1.82, 2.24) is 20.2 Å². The van der Waals surface area contributed by atoms with Gasteiger partial charge in [0.05, 0.1) is 6.20 Å². The van der Waals surface area contributed by atoms with E-state index < -0.39 is 0 Å². The van der Waals surface area contributed by atoms with Crippen LogP contribution in [0.2, 0.25) is 0 Å². The van der Waals surface area contributed by atoms with Crippen LogP contribution in [0.1, 0.15) is 17.7 Å². The number of rotatable bonds is 1. The Kier molecular flexibility index (Phi) is 1.59. The molecule has 2 aromatic heterocycles. The molecule has 1 aliphatic rings. The van der Waals surface area contributed by atoms with Crippen molar-refractivity contribution in [3.05, 3.63) is 29.8 Å². The van der Waals surface area contributed by atoms with Gasteiger partial charge in [0.15, 0.2) is 0 Å². The third-order valence-electron chi connectivity index (χ3n) is 2.61. The molecular formula is C10H10N4. The molecule has 4 nitrogen and oxygen atoms in total. The van der Waals surface area contributed by atoms with Gasteiger partial charge in [0, 0.05) is 23.7 Å². The number of aromatic nitrogens is 4. The zero-order chi connectivity index (χ0) is 9.38. The van der Waals surface area contributed by atoms with Crippen LogP contribution in [0.4, 0.5) is 0 Å². The van der Waals surface area contributed by atoms with Gasteiger partial charge in [-0.05, 0) is 19.3 Å². The Balaban J connectivity index is 2.13. The van der Waals surface area contributed by atoms with Crippen molar-refractivity contribution in [1.29, 1.82) is 0 Å². The van der Waals surface area contributed by atoms with Crippen molar-refractivity contribution in [2.45, 2.75) is 19.3 Å². The molecule has 0 amide bonds. The van der Waals surface area contributed by atoms with Gasteiger partial charge < -0.3 is 0 Å². The lowest BCUT2D eigenvalue weighted by Gasteiger charge is -1.96. The molecule has 4 heteroatoms. The fourth-order valence-corrected chi connectivity index (χ4v) is 1.95. The molecule has 2 aromatic rings. The van der Waals surface area contributed by atoms with Gasteiger partial charge in [0.2, 0.25) is 0 Å². The van der Waals surface area contributed by atoms with Gasteiger partial charge in [-0.1, -0.05) is 0 Å². The highest BCUT2D eigenvalue weighted by molar-refractivity contribution is 5.59. The Morgan fingerprint density at radius 3 is 3.07 bits per heavy atom. The zero-order valence-corrected chi connectivity index (χ0v) is 7.70. The van der Waals surface area contributed by atoms with Crippen molar-refractivity contribution < 1.29 is 0 Å². The number of hydrogen-bond acceptors (Lipinski definition) is 3. The van der Waals surface area contributed by atoms with E-state index in [9.17, 15) is 0 Å². The molecule has 0 aliphatic heterocycles. The van der Waals surface area contributed by atoms with Crippen molar-refractivity contribution in [3.63, 3.8) is 0 Å². The minimum absolute atomic E-state index is 0.868. The average molecular weight is 186 g/mol. The van der Waals surface area contributed by atoms with Crippen LogP contribution in [0.15, 0.2) is 18.6 Å². The van der Waals surface area contributed by atoms with Gasteiger partial charge >= 0.3 is 0 Å².